The number of benzene rings is 1. The second kappa shape index (κ2) is 5.19. The molecule has 0 radical (unpaired) electrons. The zero-order chi connectivity index (χ0) is 13.3. The number of carbonyl (C=O) groups is 1. The lowest BCUT2D eigenvalue weighted by molar-refractivity contribution is 0.0511. The molecule has 1 fully saturated rings. The lowest BCUT2D eigenvalue weighted by Crippen LogP contribution is -2.47. The maximum absolute atomic E-state index is 12.5. The average molecular weight is 267 g/mol. The number of nitrogen functional groups attached to an aromatic ring is 1. The Morgan fingerprint density at radius 2 is 1.94 bits per heavy atom. The Morgan fingerprint density at radius 3 is 2.50 bits per heavy atom. The first-order valence-corrected chi connectivity index (χ1v) is 6.76. The highest BCUT2D eigenvalue weighted by Crippen LogP contribution is 2.26. The molecule has 1 aliphatic rings. The van der Waals surface area contributed by atoms with E-state index in [-0.39, 0.29) is 18.0 Å². The third-order valence-corrected chi connectivity index (χ3v) is 4.02. The molecular formula is C14H19ClN2O. The molecule has 1 aromatic carbocycles. The number of likely N-dealkylation sites (tertiary alicyclic amines) is 1. The second-order valence-electron chi connectivity index (χ2n) is 5.08. The van der Waals surface area contributed by atoms with Crippen LogP contribution in [0.5, 0.6) is 0 Å². The molecule has 0 unspecified atom stereocenters. The van der Waals surface area contributed by atoms with Crippen molar-refractivity contribution in [3.8, 4) is 0 Å². The fourth-order valence-corrected chi connectivity index (χ4v) is 2.77. The van der Waals surface area contributed by atoms with Gasteiger partial charge in [-0.15, -0.1) is 0 Å². The number of carbonyl (C=O) groups excluding carboxylic acids is 1. The lowest BCUT2D eigenvalue weighted by atomic mass is 9.96. The predicted octanol–water partition coefficient (Wildman–Crippen LogP) is 3.33. The van der Waals surface area contributed by atoms with Gasteiger partial charge in [0.05, 0.1) is 10.7 Å². The van der Waals surface area contributed by atoms with Gasteiger partial charge in [0.1, 0.15) is 0 Å². The molecule has 1 aromatic rings. The van der Waals surface area contributed by atoms with E-state index in [1.165, 1.54) is 6.42 Å². The van der Waals surface area contributed by atoms with E-state index in [4.69, 9.17) is 17.3 Å². The van der Waals surface area contributed by atoms with Crippen LogP contribution in [-0.2, 0) is 0 Å². The molecule has 1 aliphatic heterocycles. The fraction of sp³-hybridized carbons (Fsp3) is 0.500. The predicted molar refractivity (Wildman–Crippen MR) is 74.8 cm³/mol. The number of piperidine rings is 1. The van der Waals surface area contributed by atoms with Crippen LogP contribution >= 0.6 is 11.6 Å². The van der Waals surface area contributed by atoms with Gasteiger partial charge in [0.15, 0.2) is 0 Å². The number of anilines is 1. The first kappa shape index (κ1) is 13.2. The highest BCUT2D eigenvalue weighted by molar-refractivity contribution is 6.33. The van der Waals surface area contributed by atoms with Crippen molar-refractivity contribution < 1.29 is 4.79 Å². The highest BCUT2D eigenvalue weighted by atomic mass is 35.5. The van der Waals surface area contributed by atoms with Crippen molar-refractivity contribution in [2.45, 2.75) is 45.2 Å². The van der Waals surface area contributed by atoms with E-state index < -0.39 is 0 Å². The normalized spacial score (nSPS) is 24.1. The number of nitrogens with zero attached hydrogens (tertiary/aromatic N) is 1. The van der Waals surface area contributed by atoms with E-state index in [0.717, 1.165) is 12.8 Å². The van der Waals surface area contributed by atoms with Gasteiger partial charge >= 0.3 is 0 Å². The number of hydrogen-bond acceptors (Lipinski definition) is 2. The van der Waals surface area contributed by atoms with E-state index >= 15 is 0 Å². The van der Waals surface area contributed by atoms with Crippen molar-refractivity contribution >= 4 is 23.2 Å². The third-order valence-electron chi connectivity index (χ3n) is 3.67. The van der Waals surface area contributed by atoms with Crippen LogP contribution in [-0.4, -0.2) is 22.9 Å². The lowest BCUT2D eigenvalue weighted by Gasteiger charge is -2.39. The minimum atomic E-state index is 0.0538. The minimum Gasteiger partial charge on any atom is -0.398 e. The zero-order valence-electron chi connectivity index (χ0n) is 10.8. The van der Waals surface area contributed by atoms with Crippen LogP contribution < -0.4 is 5.73 Å². The first-order valence-electron chi connectivity index (χ1n) is 6.38. The molecular weight excluding hydrogens is 248 g/mol. The molecule has 18 heavy (non-hydrogen) atoms. The van der Waals surface area contributed by atoms with E-state index in [0.29, 0.717) is 16.3 Å². The zero-order valence-corrected chi connectivity index (χ0v) is 11.6. The average Bonchev–Trinajstić information content (AvgIpc) is 2.32. The standard InChI is InChI=1S/C14H19ClN2O/c1-9-4-3-5-10(2)17(9)14(18)11-6-7-12(15)13(16)8-11/h6-10H,3-5,16H2,1-2H3/t9-,10+. The molecule has 0 aliphatic carbocycles. The molecule has 4 heteroatoms. The molecule has 2 rings (SSSR count). The van der Waals surface area contributed by atoms with Crippen LogP contribution in [0.4, 0.5) is 5.69 Å². The van der Waals surface area contributed by atoms with E-state index in [1.807, 2.05) is 4.90 Å². The largest absolute Gasteiger partial charge is 0.398 e. The van der Waals surface area contributed by atoms with Crippen molar-refractivity contribution in [1.82, 2.24) is 4.90 Å². The summed E-state index contributed by atoms with van der Waals surface area (Å²) in [6, 6.07) is 5.67. The van der Waals surface area contributed by atoms with Crippen molar-refractivity contribution in [2.75, 3.05) is 5.73 Å². The van der Waals surface area contributed by atoms with E-state index in [9.17, 15) is 4.79 Å². The minimum absolute atomic E-state index is 0.0538. The number of rotatable bonds is 1. The van der Waals surface area contributed by atoms with Crippen molar-refractivity contribution in [2.24, 2.45) is 0 Å². The van der Waals surface area contributed by atoms with Gasteiger partial charge in [0.2, 0.25) is 0 Å². The maximum atomic E-state index is 12.5. The summed E-state index contributed by atoms with van der Waals surface area (Å²) in [6.45, 7) is 4.21. The third kappa shape index (κ3) is 2.46. The fourth-order valence-electron chi connectivity index (χ4n) is 2.65. The van der Waals surface area contributed by atoms with Gasteiger partial charge in [-0.1, -0.05) is 11.6 Å². The van der Waals surface area contributed by atoms with Crippen molar-refractivity contribution in [3.05, 3.63) is 28.8 Å². The Morgan fingerprint density at radius 1 is 1.33 bits per heavy atom. The van der Waals surface area contributed by atoms with Gasteiger partial charge in [-0.25, -0.2) is 0 Å². The van der Waals surface area contributed by atoms with Crippen LogP contribution in [0.1, 0.15) is 43.5 Å². The van der Waals surface area contributed by atoms with Gasteiger partial charge in [-0.3, -0.25) is 4.79 Å². The monoisotopic (exact) mass is 266 g/mol. The summed E-state index contributed by atoms with van der Waals surface area (Å²) in [5.74, 6) is 0.0538. The molecule has 1 saturated heterocycles. The molecule has 1 heterocycles. The highest BCUT2D eigenvalue weighted by Gasteiger charge is 2.29. The van der Waals surface area contributed by atoms with Crippen LogP contribution in [0.3, 0.4) is 0 Å². The smallest absolute Gasteiger partial charge is 0.254 e. The van der Waals surface area contributed by atoms with Crippen molar-refractivity contribution in [3.63, 3.8) is 0 Å². The summed E-state index contributed by atoms with van der Waals surface area (Å²) in [6.07, 6.45) is 3.33. The Labute approximate surface area is 113 Å². The van der Waals surface area contributed by atoms with Crippen LogP contribution in [0.25, 0.3) is 0 Å². The van der Waals surface area contributed by atoms with E-state index in [2.05, 4.69) is 13.8 Å². The van der Waals surface area contributed by atoms with Gasteiger partial charge in [0, 0.05) is 17.6 Å². The molecule has 0 saturated carbocycles. The quantitative estimate of drug-likeness (QED) is 0.793. The topological polar surface area (TPSA) is 46.3 Å². The molecule has 0 spiro atoms. The van der Waals surface area contributed by atoms with Gasteiger partial charge in [-0.05, 0) is 51.3 Å². The Hall–Kier alpha value is -1.22. The Bertz CT molecular complexity index is 451. The summed E-state index contributed by atoms with van der Waals surface area (Å²) < 4.78 is 0. The molecule has 0 aromatic heterocycles. The van der Waals surface area contributed by atoms with Crippen LogP contribution in [0.15, 0.2) is 18.2 Å². The van der Waals surface area contributed by atoms with E-state index in [1.54, 1.807) is 18.2 Å². The molecule has 0 bridgehead atoms. The summed E-state index contributed by atoms with van der Waals surface area (Å²) in [5, 5.41) is 0.492. The van der Waals surface area contributed by atoms with Gasteiger partial charge < -0.3 is 10.6 Å². The molecule has 98 valence electrons. The maximum Gasteiger partial charge on any atom is 0.254 e. The van der Waals surface area contributed by atoms with Crippen LogP contribution in [0.2, 0.25) is 5.02 Å². The number of nitrogens with two attached hydrogens (primary N) is 1. The van der Waals surface area contributed by atoms with Gasteiger partial charge in [0.25, 0.3) is 5.91 Å². The number of amides is 1. The van der Waals surface area contributed by atoms with Gasteiger partial charge in [-0.2, -0.15) is 0 Å². The van der Waals surface area contributed by atoms with Crippen LogP contribution in [0, 0.1) is 0 Å². The number of hydrogen-bond donors (Lipinski definition) is 1. The summed E-state index contributed by atoms with van der Waals surface area (Å²) in [7, 11) is 0. The Kier molecular flexibility index (Phi) is 3.81. The molecule has 2 N–H and O–H groups in total. The number of halogens is 1. The second-order valence-corrected chi connectivity index (χ2v) is 5.48. The van der Waals surface area contributed by atoms with Crippen molar-refractivity contribution in [1.29, 1.82) is 0 Å². The summed E-state index contributed by atoms with van der Waals surface area (Å²) >= 11 is 5.88. The molecule has 2 atom stereocenters. The Balaban J connectivity index is 2.26. The molecule has 1 amide bonds. The summed E-state index contributed by atoms with van der Waals surface area (Å²) in [5.41, 5.74) is 6.84. The molecule has 3 nitrogen and oxygen atoms in total. The SMILES string of the molecule is C[C@@H]1CCC[C@H](C)N1C(=O)c1ccc(Cl)c(N)c1. The first-order chi connectivity index (χ1) is 8.50. The summed E-state index contributed by atoms with van der Waals surface area (Å²) in [4.78, 5) is 14.5.